The fourth-order valence-electron chi connectivity index (χ4n) is 3.84. The van der Waals surface area contributed by atoms with Crippen LogP contribution in [0.2, 0.25) is 0 Å². The monoisotopic (exact) mass is 574 g/mol. The molecule has 2 aliphatic heterocycles. The van der Waals surface area contributed by atoms with Gasteiger partial charge in [0.25, 0.3) is 11.8 Å². The van der Waals surface area contributed by atoms with E-state index in [0.29, 0.717) is 29.8 Å². The highest BCUT2D eigenvalue weighted by Gasteiger charge is 2.28. The Morgan fingerprint density at radius 1 is 1.00 bits per heavy atom. The first-order valence-corrected chi connectivity index (χ1v) is 12.1. The molecule has 8 nitrogen and oxygen atoms in total. The topological polar surface area (TPSA) is 91.0 Å². The molecule has 0 radical (unpaired) electrons. The molecule has 0 saturated carbocycles. The van der Waals surface area contributed by atoms with E-state index in [4.69, 9.17) is 4.74 Å². The summed E-state index contributed by atoms with van der Waals surface area (Å²) in [5.41, 5.74) is 2.89. The molecule has 0 atom stereocenters. The highest BCUT2D eigenvalue weighted by atomic mass is 127. The molecule has 178 valence electrons. The third kappa shape index (κ3) is 5.52. The minimum absolute atomic E-state index is 0.274. The Balaban J connectivity index is 1.40. The van der Waals surface area contributed by atoms with Crippen LogP contribution in [0.25, 0.3) is 5.57 Å². The van der Waals surface area contributed by atoms with Crippen molar-refractivity contribution in [2.75, 3.05) is 36.4 Å². The maximum atomic E-state index is 12.4. The van der Waals surface area contributed by atoms with Gasteiger partial charge in [0.1, 0.15) is 5.60 Å². The van der Waals surface area contributed by atoms with Crippen molar-refractivity contribution < 1.29 is 19.1 Å². The number of imide groups is 1. The third-order valence-electron chi connectivity index (χ3n) is 5.54. The fraction of sp³-hybridized carbons (Fsp3) is 0.320. The quantitative estimate of drug-likeness (QED) is 0.327. The van der Waals surface area contributed by atoms with E-state index in [2.05, 4.69) is 38.1 Å². The van der Waals surface area contributed by atoms with Gasteiger partial charge < -0.3 is 19.9 Å². The number of nitrogens with zero attached hydrogens (tertiary/aromatic N) is 2. The number of hydrogen-bond acceptors (Lipinski definition) is 6. The second-order valence-electron chi connectivity index (χ2n) is 9.18. The molecule has 0 aromatic heterocycles. The number of nitrogens with one attached hydrogen (secondary N) is 2. The molecular formula is C25H27IN4O4. The highest BCUT2D eigenvalue weighted by Crippen LogP contribution is 2.27. The van der Waals surface area contributed by atoms with Gasteiger partial charge >= 0.3 is 6.09 Å². The molecule has 9 heteroatoms. The van der Waals surface area contributed by atoms with Crippen molar-refractivity contribution in [3.63, 3.8) is 0 Å². The molecule has 1 fully saturated rings. The van der Waals surface area contributed by atoms with E-state index in [1.807, 2.05) is 57.2 Å². The minimum atomic E-state index is -0.499. The van der Waals surface area contributed by atoms with Crippen molar-refractivity contribution in [3.05, 3.63) is 63.4 Å². The molecule has 4 rings (SSSR count). The van der Waals surface area contributed by atoms with Crippen LogP contribution in [-0.2, 0) is 9.53 Å². The van der Waals surface area contributed by atoms with Crippen LogP contribution in [0.4, 0.5) is 16.2 Å². The van der Waals surface area contributed by atoms with Crippen LogP contribution in [0.15, 0.2) is 48.7 Å². The lowest BCUT2D eigenvalue weighted by Gasteiger charge is -2.36. The lowest BCUT2D eigenvalue weighted by molar-refractivity contribution is -0.114. The zero-order chi connectivity index (χ0) is 24.5. The summed E-state index contributed by atoms with van der Waals surface area (Å²) < 4.78 is 6.41. The molecule has 0 unspecified atom stereocenters. The van der Waals surface area contributed by atoms with Gasteiger partial charge in [-0.3, -0.25) is 14.9 Å². The van der Waals surface area contributed by atoms with Crippen LogP contribution in [-0.4, -0.2) is 54.6 Å². The Kier molecular flexibility index (Phi) is 6.83. The lowest BCUT2D eigenvalue weighted by Crippen LogP contribution is -2.50. The largest absolute Gasteiger partial charge is 0.444 e. The van der Waals surface area contributed by atoms with Crippen LogP contribution < -0.4 is 15.5 Å². The summed E-state index contributed by atoms with van der Waals surface area (Å²) in [6.45, 7) is 8.25. The highest BCUT2D eigenvalue weighted by molar-refractivity contribution is 14.1. The maximum absolute atomic E-state index is 12.4. The summed E-state index contributed by atoms with van der Waals surface area (Å²) >= 11 is 2.16. The van der Waals surface area contributed by atoms with Crippen LogP contribution in [0.5, 0.6) is 0 Å². The molecular weight excluding hydrogens is 547 g/mol. The SMILES string of the molecule is CC(C)(C)OC(=O)N1CCN(c2ccc(N/C=C3\C(=O)NC(=O)c4ccc(I)cc43)cc2)CC1. The summed E-state index contributed by atoms with van der Waals surface area (Å²) in [6, 6.07) is 13.3. The van der Waals surface area contributed by atoms with Gasteiger partial charge in [-0.1, -0.05) is 0 Å². The third-order valence-corrected chi connectivity index (χ3v) is 6.21. The van der Waals surface area contributed by atoms with Crippen LogP contribution >= 0.6 is 22.6 Å². The molecule has 0 bridgehead atoms. The number of benzene rings is 2. The van der Waals surface area contributed by atoms with E-state index < -0.39 is 11.5 Å². The van der Waals surface area contributed by atoms with Gasteiger partial charge in [0.15, 0.2) is 0 Å². The minimum Gasteiger partial charge on any atom is -0.444 e. The van der Waals surface area contributed by atoms with Crippen LogP contribution in [0.3, 0.4) is 0 Å². The van der Waals surface area contributed by atoms with E-state index in [9.17, 15) is 14.4 Å². The Labute approximate surface area is 212 Å². The predicted molar refractivity (Wildman–Crippen MR) is 140 cm³/mol. The molecule has 0 aliphatic carbocycles. The maximum Gasteiger partial charge on any atom is 0.410 e. The summed E-state index contributed by atoms with van der Waals surface area (Å²) in [5.74, 6) is -0.809. The molecule has 34 heavy (non-hydrogen) atoms. The Morgan fingerprint density at radius 3 is 2.32 bits per heavy atom. The molecule has 2 aliphatic rings. The second kappa shape index (κ2) is 9.65. The Morgan fingerprint density at radius 2 is 1.68 bits per heavy atom. The van der Waals surface area contributed by atoms with Crippen LogP contribution in [0, 0.1) is 3.57 Å². The summed E-state index contributed by atoms with van der Waals surface area (Å²) in [4.78, 5) is 40.8. The van der Waals surface area contributed by atoms with Crippen molar-refractivity contribution in [2.24, 2.45) is 0 Å². The molecule has 1 saturated heterocycles. The first kappa shape index (κ1) is 24.1. The number of piperazine rings is 1. The zero-order valence-corrected chi connectivity index (χ0v) is 21.5. The molecule has 2 N–H and O–H groups in total. The number of carbonyl (C=O) groups excluding carboxylic acids is 3. The summed E-state index contributed by atoms with van der Waals surface area (Å²) in [7, 11) is 0. The van der Waals surface area contributed by atoms with Gasteiger partial charge in [-0.05, 0) is 85.8 Å². The number of rotatable bonds is 3. The van der Waals surface area contributed by atoms with Crippen molar-refractivity contribution in [1.82, 2.24) is 10.2 Å². The second-order valence-corrected chi connectivity index (χ2v) is 10.4. The number of anilines is 2. The van der Waals surface area contributed by atoms with Gasteiger partial charge in [0.2, 0.25) is 0 Å². The summed E-state index contributed by atoms with van der Waals surface area (Å²) in [5, 5.41) is 5.55. The standard InChI is InChI=1S/C25H27IN4O4/c1-25(2,3)34-24(33)30-12-10-29(11-13-30)18-7-5-17(6-8-18)27-15-21-20-14-16(26)4-9-19(20)22(31)28-23(21)32/h4-9,14-15,27H,10-13H2,1-3H3,(H,28,31,32)/b21-15-. The van der Waals surface area contributed by atoms with Gasteiger partial charge in [0.05, 0.1) is 5.57 Å². The van der Waals surface area contributed by atoms with E-state index >= 15 is 0 Å². The summed E-state index contributed by atoms with van der Waals surface area (Å²) in [6.07, 6.45) is 1.36. The van der Waals surface area contributed by atoms with Crippen LogP contribution in [0.1, 0.15) is 36.7 Å². The first-order chi connectivity index (χ1) is 16.1. The lowest BCUT2D eigenvalue weighted by atomic mass is 9.95. The number of fused-ring (bicyclic) bond motifs is 1. The molecule has 0 spiro atoms. The van der Waals surface area contributed by atoms with Gasteiger partial charge in [-0.2, -0.15) is 0 Å². The average molecular weight is 574 g/mol. The molecule has 2 aromatic carbocycles. The molecule has 2 heterocycles. The van der Waals surface area contributed by atoms with E-state index in [1.165, 1.54) is 0 Å². The number of halogens is 1. The van der Waals surface area contributed by atoms with E-state index in [1.54, 1.807) is 17.2 Å². The number of carbonyl (C=O) groups is 3. The molecule has 2 aromatic rings. The number of ether oxygens (including phenoxy) is 1. The average Bonchev–Trinajstić information content (AvgIpc) is 2.78. The van der Waals surface area contributed by atoms with Crippen molar-refractivity contribution >= 4 is 57.4 Å². The van der Waals surface area contributed by atoms with Crippen molar-refractivity contribution in [1.29, 1.82) is 0 Å². The zero-order valence-electron chi connectivity index (χ0n) is 19.4. The predicted octanol–water partition coefficient (Wildman–Crippen LogP) is 4.07. The smallest absolute Gasteiger partial charge is 0.410 e. The van der Waals surface area contributed by atoms with Crippen molar-refractivity contribution in [2.45, 2.75) is 26.4 Å². The van der Waals surface area contributed by atoms with E-state index in [-0.39, 0.29) is 12.0 Å². The molecule has 3 amide bonds. The first-order valence-electron chi connectivity index (χ1n) is 11.1. The van der Waals surface area contributed by atoms with Gasteiger partial charge in [-0.15, -0.1) is 0 Å². The Bertz CT molecular complexity index is 1150. The fourth-order valence-corrected chi connectivity index (χ4v) is 4.33. The van der Waals surface area contributed by atoms with Crippen molar-refractivity contribution in [3.8, 4) is 0 Å². The normalized spacial score (nSPS) is 17.4. The van der Waals surface area contributed by atoms with E-state index in [0.717, 1.165) is 28.0 Å². The Hall–Kier alpha value is -3.08. The van der Waals surface area contributed by atoms with Gasteiger partial charge in [0, 0.05) is 58.5 Å². The number of hydrogen-bond donors (Lipinski definition) is 2. The number of amides is 3. The van der Waals surface area contributed by atoms with Gasteiger partial charge in [-0.25, -0.2) is 4.79 Å².